The van der Waals surface area contributed by atoms with Gasteiger partial charge in [-0.25, -0.2) is 4.79 Å². The average Bonchev–Trinajstić information content (AvgIpc) is 2.59. The van der Waals surface area contributed by atoms with Crippen LogP contribution in [0.2, 0.25) is 0 Å². The molecule has 0 radical (unpaired) electrons. The molecule has 0 saturated heterocycles. The molecular formula is C18H15BrF3NO4. The second kappa shape index (κ2) is 8.90. The van der Waals surface area contributed by atoms with E-state index in [-0.39, 0.29) is 16.6 Å². The maximum absolute atomic E-state index is 13.0. The Morgan fingerprint density at radius 1 is 1.15 bits per heavy atom. The van der Waals surface area contributed by atoms with E-state index in [1.165, 1.54) is 0 Å². The van der Waals surface area contributed by atoms with Crippen LogP contribution in [0.15, 0.2) is 53.0 Å². The third-order valence-electron chi connectivity index (χ3n) is 3.58. The number of carboxylic acid groups (broad SMARTS) is 1. The first kappa shape index (κ1) is 20.8. The first-order chi connectivity index (χ1) is 12.7. The number of hydrogen-bond acceptors (Lipinski definition) is 3. The molecule has 2 rings (SSSR count). The zero-order chi connectivity index (χ0) is 20.0. The van der Waals surface area contributed by atoms with Crippen molar-refractivity contribution < 1.29 is 32.6 Å². The molecule has 2 aromatic carbocycles. The molecule has 0 aliphatic carbocycles. The van der Waals surface area contributed by atoms with E-state index in [2.05, 4.69) is 21.2 Å². The maximum Gasteiger partial charge on any atom is 0.416 e. The topological polar surface area (TPSA) is 75.6 Å². The number of ether oxygens (including phenoxy) is 1. The third kappa shape index (κ3) is 6.28. The average molecular weight is 446 g/mol. The number of nitrogens with one attached hydrogen (secondary N) is 1. The molecule has 0 spiro atoms. The van der Waals surface area contributed by atoms with Gasteiger partial charge in [-0.05, 0) is 29.3 Å². The molecular weight excluding hydrogens is 431 g/mol. The Morgan fingerprint density at radius 2 is 1.81 bits per heavy atom. The van der Waals surface area contributed by atoms with Crippen molar-refractivity contribution in [3.63, 3.8) is 0 Å². The van der Waals surface area contributed by atoms with Gasteiger partial charge in [0.05, 0.1) is 18.0 Å². The first-order valence-electron chi connectivity index (χ1n) is 7.72. The van der Waals surface area contributed by atoms with E-state index in [0.29, 0.717) is 5.56 Å². The fourth-order valence-electron chi connectivity index (χ4n) is 2.31. The van der Waals surface area contributed by atoms with Crippen molar-refractivity contribution in [3.05, 3.63) is 69.7 Å². The lowest BCUT2D eigenvalue weighted by atomic mass is 10.0. The predicted octanol–water partition coefficient (Wildman–Crippen LogP) is 4.91. The molecule has 0 aromatic heterocycles. The number of hydrogen-bond donors (Lipinski definition) is 2. The summed E-state index contributed by atoms with van der Waals surface area (Å²) in [5.41, 5.74) is -0.248. The highest BCUT2D eigenvalue weighted by atomic mass is 79.9. The number of alkyl halides is 3. The lowest BCUT2D eigenvalue weighted by Gasteiger charge is -2.20. The van der Waals surface area contributed by atoms with Gasteiger partial charge in [0, 0.05) is 4.47 Å². The van der Waals surface area contributed by atoms with Crippen LogP contribution in [0.3, 0.4) is 0 Å². The van der Waals surface area contributed by atoms with Gasteiger partial charge in [0.1, 0.15) is 6.61 Å². The van der Waals surface area contributed by atoms with Crippen LogP contribution in [0.1, 0.15) is 29.2 Å². The summed E-state index contributed by atoms with van der Waals surface area (Å²) in [5.74, 6) is -1.28. The quantitative estimate of drug-likeness (QED) is 0.662. The second-order valence-corrected chi connectivity index (χ2v) is 6.44. The predicted molar refractivity (Wildman–Crippen MR) is 93.9 cm³/mol. The molecule has 0 fully saturated rings. The molecule has 5 nitrogen and oxygen atoms in total. The third-order valence-corrected chi connectivity index (χ3v) is 4.30. The number of halogens is 4. The highest BCUT2D eigenvalue weighted by molar-refractivity contribution is 9.10. The lowest BCUT2D eigenvalue weighted by Crippen LogP contribution is -2.31. The Morgan fingerprint density at radius 3 is 2.41 bits per heavy atom. The normalized spacial score (nSPS) is 12.3. The van der Waals surface area contributed by atoms with Crippen LogP contribution in [-0.4, -0.2) is 17.2 Å². The summed E-state index contributed by atoms with van der Waals surface area (Å²) in [4.78, 5) is 23.1. The summed E-state index contributed by atoms with van der Waals surface area (Å²) in [7, 11) is 0. The molecule has 2 aromatic rings. The van der Waals surface area contributed by atoms with E-state index in [4.69, 9.17) is 9.84 Å². The molecule has 0 heterocycles. The largest absolute Gasteiger partial charge is 0.481 e. The van der Waals surface area contributed by atoms with Crippen LogP contribution in [0.5, 0.6) is 0 Å². The fraction of sp³-hybridized carbons (Fsp3) is 0.222. The highest BCUT2D eigenvalue weighted by Crippen LogP contribution is 2.34. The molecule has 0 bridgehead atoms. The summed E-state index contributed by atoms with van der Waals surface area (Å²) < 4.78 is 44.1. The van der Waals surface area contributed by atoms with E-state index >= 15 is 0 Å². The van der Waals surface area contributed by atoms with Crippen LogP contribution >= 0.6 is 15.9 Å². The van der Waals surface area contributed by atoms with Crippen LogP contribution < -0.4 is 5.32 Å². The minimum Gasteiger partial charge on any atom is -0.481 e. The van der Waals surface area contributed by atoms with E-state index < -0.39 is 36.3 Å². The number of amides is 1. The van der Waals surface area contributed by atoms with Gasteiger partial charge in [0.2, 0.25) is 0 Å². The van der Waals surface area contributed by atoms with Crippen molar-refractivity contribution in [1.29, 1.82) is 0 Å². The Bertz CT molecular complexity index is 812. The maximum atomic E-state index is 13.0. The van der Waals surface area contributed by atoms with Gasteiger partial charge >= 0.3 is 18.2 Å². The van der Waals surface area contributed by atoms with Crippen molar-refractivity contribution in [1.82, 2.24) is 5.32 Å². The van der Waals surface area contributed by atoms with E-state index in [9.17, 15) is 22.8 Å². The van der Waals surface area contributed by atoms with Gasteiger partial charge in [-0.2, -0.15) is 13.2 Å². The molecule has 27 heavy (non-hydrogen) atoms. The minimum atomic E-state index is -4.60. The monoisotopic (exact) mass is 445 g/mol. The van der Waals surface area contributed by atoms with E-state index in [1.807, 2.05) is 0 Å². The summed E-state index contributed by atoms with van der Waals surface area (Å²) in [6, 6.07) is 10.4. The summed E-state index contributed by atoms with van der Waals surface area (Å²) in [6.07, 6.45) is -6.15. The smallest absolute Gasteiger partial charge is 0.416 e. The Kier molecular flexibility index (Phi) is 6.84. The van der Waals surface area contributed by atoms with Crippen LogP contribution in [0.4, 0.5) is 18.0 Å². The van der Waals surface area contributed by atoms with Gasteiger partial charge in [0.15, 0.2) is 0 Å². The zero-order valence-corrected chi connectivity index (χ0v) is 15.4. The Balaban J connectivity index is 2.17. The fourth-order valence-corrected chi connectivity index (χ4v) is 2.83. The van der Waals surface area contributed by atoms with Crippen molar-refractivity contribution in [2.24, 2.45) is 0 Å². The number of benzene rings is 2. The number of carbonyl (C=O) groups excluding carboxylic acids is 1. The van der Waals surface area contributed by atoms with Crippen molar-refractivity contribution in [2.45, 2.75) is 25.2 Å². The van der Waals surface area contributed by atoms with Crippen molar-refractivity contribution in [3.8, 4) is 0 Å². The molecule has 0 unspecified atom stereocenters. The lowest BCUT2D eigenvalue weighted by molar-refractivity contribution is -0.138. The van der Waals surface area contributed by atoms with Crippen LogP contribution in [0, 0.1) is 0 Å². The van der Waals surface area contributed by atoms with E-state index in [0.717, 1.165) is 18.2 Å². The van der Waals surface area contributed by atoms with Gasteiger partial charge in [-0.3, -0.25) is 4.79 Å². The molecule has 0 aliphatic rings. The van der Waals surface area contributed by atoms with Gasteiger partial charge in [-0.1, -0.05) is 46.3 Å². The molecule has 0 aliphatic heterocycles. The molecule has 1 amide bonds. The van der Waals surface area contributed by atoms with Crippen LogP contribution in [0.25, 0.3) is 0 Å². The Hall–Kier alpha value is -2.55. The van der Waals surface area contributed by atoms with Crippen LogP contribution in [-0.2, 0) is 22.3 Å². The van der Waals surface area contributed by atoms with E-state index in [1.54, 1.807) is 30.3 Å². The van der Waals surface area contributed by atoms with Crippen molar-refractivity contribution >= 4 is 28.0 Å². The highest BCUT2D eigenvalue weighted by Gasteiger charge is 2.32. The first-order valence-corrected chi connectivity index (χ1v) is 8.52. The summed E-state index contributed by atoms with van der Waals surface area (Å²) >= 11 is 3.10. The summed E-state index contributed by atoms with van der Waals surface area (Å²) in [5, 5.41) is 11.4. The number of alkyl carbamates (subject to hydrolysis) is 1. The second-order valence-electron chi connectivity index (χ2n) is 5.59. The zero-order valence-electron chi connectivity index (χ0n) is 13.8. The standard InChI is InChI=1S/C18H15BrF3NO4/c19-14-7-6-12(18(20,21)22)8-13(14)15(9-16(24)25)23-17(26)27-10-11-4-2-1-3-5-11/h1-8,15H,9-10H2,(H,23,26)(H,24,25)/t15-/m0/s1. The summed E-state index contributed by atoms with van der Waals surface area (Å²) in [6.45, 7) is -0.0593. The molecule has 1 atom stereocenters. The SMILES string of the molecule is O=C(O)C[C@H](NC(=O)OCc1ccccc1)c1cc(C(F)(F)F)ccc1Br. The number of rotatable bonds is 6. The number of aliphatic carboxylic acids is 1. The molecule has 2 N–H and O–H groups in total. The van der Waals surface area contributed by atoms with Gasteiger partial charge < -0.3 is 15.2 Å². The number of carbonyl (C=O) groups is 2. The van der Waals surface area contributed by atoms with Crippen molar-refractivity contribution in [2.75, 3.05) is 0 Å². The molecule has 0 saturated carbocycles. The minimum absolute atomic E-state index is 0.0103. The number of carboxylic acids is 1. The van der Waals surface area contributed by atoms with Gasteiger partial charge in [0.25, 0.3) is 0 Å². The molecule has 9 heteroatoms. The Labute approximate surface area is 161 Å². The molecule has 144 valence electrons. The van der Waals surface area contributed by atoms with Gasteiger partial charge in [-0.15, -0.1) is 0 Å².